The molecule has 7 heteroatoms. The van der Waals surface area contributed by atoms with Crippen molar-refractivity contribution in [2.45, 2.75) is 38.5 Å². The molecule has 0 aliphatic carbocycles. The van der Waals surface area contributed by atoms with Gasteiger partial charge >= 0.3 is 0 Å². The van der Waals surface area contributed by atoms with Crippen molar-refractivity contribution >= 4 is 16.9 Å². The van der Waals surface area contributed by atoms with Crippen LogP contribution in [0.5, 0.6) is 0 Å². The van der Waals surface area contributed by atoms with Crippen LogP contribution in [0.4, 0.5) is 4.39 Å². The number of rotatable bonds is 4. The van der Waals surface area contributed by atoms with Gasteiger partial charge in [-0.15, -0.1) is 0 Å². The monoisotopic (exact) mass is 350 g/mol. The topological polar surface area (TPSA) is 83.7 Å². The second kappa shape index (κ2) is 6.74. The van der Waals surface area contributed by atoms with Crippen LogP contribution in [-0.2, 0) is 15.1 Å². The molecule has 2 heterocycles. The third kappa shape index (κ3) is 3.53. The average Bonchev–Trinajstić information content (AvgIpc) is 2.96. The number of aliphatic hydroxyl groups is 1. The third-order valence-electron chi connectivity index (χ3n) is 4.47. The highest BCUT2D eigenvalue weighted by molar-refractivity contribution is 5.85. The van der Waals surface area contributed by atoms with Gasteiger partial charge in [0.1, 0.15) is 23.3 Å². The predicted octanol–water partition coefficient (Wildman–Crippen LogP) is 1.58. The molecular weight excluding hydrogens is 327 g/mol. The van der Waals surface area contributed by atoms with Gasteiger partial charge in [0.05, 0.1) is 30.2 Å². The van der Waals surface area contributed by atoms with Gasteiger partial charge in [-0.25, -0.2) is 4.39 Å². The maximum Gasteiger partial charge on any atom is 0.251 e. The Labute approximate surface area is 145 Å². The summed E-state index contributed by atoms with van der Waals surface area (Å²) in [5.41, 5.74) is 0.359. The molecule has 1 aliphatic heterocycles. The fourth-order valence-electron chi connectivity index (χ4n) is 3.07. The van der Waals surface area contributed by atoms with Crippen LogP contribution in [-0.4, -0.2) is 42.9 Å². The van der Waals surface area contributed by atoms with Gasteiger partial charge < -0.3 is 24.9 Å². The number of halogens is 1. The zero-order valence-electron chi connectivity index (χ0n) is 14.6. The minimum atomic E-state index is -0.773. The van der Waals surface area contributed by atoms with Crippen molar-refractivity contribution < 1.29 is 23.4 Å². The fraction of sp³-hybridized carbons (Fsp3) is 0.500. The number of amides is 1. The first-order valence-electron chi connectivity index (χ1n) is 8.29. The smallest absolute Gasteiger partial charge is 0.251 e. The maximum absolute atomic E-state index is 14.0. The Morgan fingerprint density at radius 1 is 1.48 bits per heavy atom. The number of aryl methyl sites for hydroxylation is 1. The standard InChI is InChI=1S/C18H23FN2O4/c1-10-6-12-14(19)5-4-13(16(12)25-10)18(2,3)21-17(23)15-7-20-11(8-22)9-24-15/h4-6,11,15,20,22H,7-9H2,1-3H3,(H,21,23)/t11-,15+/m1/s1. The molecule has 1 fully saturated rings. The molecule has 1 aromatic heterocycles. The van der Waals surface area contributed by atoms with E-state index in [1.165, 1.54) is 6.07 Å². The Balaban J connectivity index is 1.80. The van der Waals surface area contributed by atoms with Gasteiger partial charge in [-0.2, -0.15) is 0 Å². The van der Waals surface area contributed by atoms with Crippen LogP contribution < -0.4 is 10.6 Å². The summed E-state index contributed by atoms with van der Waals surface area (Å²) in [6.07, 6.45) is -0.642. The van der Waals surface area contributed by atoms with E-state index in [1.807, 2.05) is 13.8 Å². The van der Waals surface area contributed by atoms with E-state index in [-0.39, 0.29) is 31.0 Å². The first kappa shape index (κ1) is 17.8. The summed E-state index contributed by atoms with van der Waals surface area (Å²) in [4.78, 5) is 12.5. The van der Waals surface area contributed by atoms with Crippen LogP contribution in [0.3, 0.4) is 0 Å². The van der Waals surface area contributed by atoms with Crippen molar-refractivity contribution in [2.24, 2.45) is 0 Å². The minimum Gasteiger partial charge on any atom is -0.461 e. The van der Waals surface area contributed by atoms with Crippen molar-refractivity contribution in [1.82, 2.24) is 10.6 Å². The van der Waals surface area contributed by atoms with Gasteiger partial charge in [0.2, 0.25) is 0 Å². The van der Waals surface area contributed by atoms with E-state index in [0.717, 1.165) is 0 Å². The van der Waals surface area contributed by atoms with Crippen molar-refractivity contribution in [1.29, 1.82) is 0 Å². The van der Waals surface area contributed by atoms with Crippen LogP contribution in [0.15, 0.2) is 22.6 Å². The van der Waals surface area contributed by atoms with Crippen LogP contribution in [0.25, 0.3) is 11.0 Å². The molecule has 6 nitrogen and oxygen atoms in total. The van der Waals surface area contributed by atoms with Crippen molar-refractivity contribution in [3.63, 3.8) is 0 Å². The van der Waals surface area contributed by atoms with E-state index in [1.54, 1.807) is 19.1 Å². The fourth-order valence-corrected chi connectivity index (χ4v) is 3.07. The number of morpholine rings is 1. The third-order valence-corrected chi connectivity index (χ3v) is 4.47. The maximum atomic E-state index is 14.0. The highest BCUT2D eigenvalue weighted by Gasteiger charge is 2.32. The van der Waals surface area contributed by atoms with Crippen LogP contribution in [0, 0.1) is 12.7 Å². The molecule has 3 rings (SSSR count). The van der Waals surface area contributed by atoms with Gasteiger partial charge in [-0.05, 0) is 32.9 Å². The van der Waals surface area contributed by atoms with Gasteiger partial charge in [-0.3, -0.25) is 4.79 Å². The van der Waals surface area contributed by atoms with Crippen LogP contribution in [0.2, 0.25) is 0 Å². The average molecular weight is 350 g/mol. The van der Waals surface area contributed by atoms with Gasteiger partial charge in [0.25, 0.3) is 5.91 Å². The Bertz CT molecular complexity index is 779. The molecule has 0 unspecified atom stereocenters. The minimum absolute atomic E-state index is 0.0365. The zero-order valence-corrected chi connectivity index (χ0v) is 14.6. The lowest BCUT2D eigenvalue weighted by Crippen LogP contribution is -2.56. The summed E-state index contributed by atoms with van der Waals surface area (Å²) < 4.78 is 25.2. The Hall–Kier alpha value is -1.96. The summed E-state index contributed by atoms with van der Waals surface area (Å²) in [7, 11) is 0. The first-order chi connectivity index (χ1) is 11.8. The highest BCUT2D eigenvalue weighted by Crippen LogP contribution is 2.32. The summed E-state index contributed by atoms with van der Waals surface area (Å²) in [6.45, 7) is 5.99. The number of hydrogen-bond acceptors (Lipinski definition) is 5. The van der Waals surface area contributed by atoms with Gasteiger partial charge in [-0.1, -0.05) is 6.07 Å². The molecule has 0 saturated carbocycles. The number of hydrogen-bond donors (Lipinski definition) is 3. The molecular formula is C18H23FN2O4. The van der Waals surface area contributed by atoms with E-state index in [9.17, 15) is 9.18 Å². The Morgan fingerprint density at radius 3 is 2.88 bits per heavy atom. The molecule has 0 bridgehead atoms. The molecule has 0 spiro atoms. The largest absolute Gasteiger partial charge is 0.461 e. The lowest BCUT2D eigenvalue weighted by molar-refractivity contribution is -0.137. The van der Waals surface area contributed by atoms with Gasteiger partial charge in [0.15, 0.2) is 0 Å². The van der Waals surface area contributed by atoms with Crippen molar-refractivity contribution in [2.75, 3.05) is 19.8 Å². The van der Waals surface area contributed by atoms with Crippen LogP contribution in [0.1, 0.15) is 25.2 Å². The van der Waals surface area contributed by atoms with E-state index in [2.05, 4.69) is 10.6 Å². The number of benzene rings is 1. The molecule has 1 aliphatic rings. The van der Waals surface area contributed by atoms with E-state index in [4.69, 9.17) is 14.3 Å². The molecule has 1 saturated heterocycles. The van der Waals surface area contributed by atoms with Crippen molar-refractivity contribution in [3.8, 4) is 0 Å². The molecule has 136 valence electrons. The highest BCUT2D eigenvalue weighted by atomic mass is 19.1. The van der Waals surface area contributed by atoms with Gasteiger partial charge in [0, 0.05) is 12.1 Å². The number of carbonyl (C=O) groups is 1. The number of ether oxygens (including phenoxy) is 1. The van der Waals surface area contributed by atoms with E-state index < -0.39 is 11.6 Å². The molecule has 1 amide bonds. The first-order valence-corrected chi connectivity index (χ1v) is 8.29. The number of fused-ring (bicyclic) bond motifs is 1. The van der Waals surface area contributed by atoms with E-state index >= 15 is 0 Å². The molecule has 0 radical (unpaired) electrons. The zero-order chi connectivity index (χ0) is 18.2. The number of furan rings is 1. The quantitative estimate of drug-likeness (QED) is 0.780. The molecule has 2 atom stereocenters. The number of carbonyl (C=O) groups excluding carboxylic acids is 1. The molecule has 1 aromatic carbocycles. The van der Waals surface area contributed by atoms with Crippen LogP contribution >= 0.6 is 0 Å². The second-order valence-corrected chi connectivity index (χ2v) is 6.92. The Morgan fingerprint density at radius 2 is 2.24 bits per heavy atom. The summed E-state index contributed by atoms with van der Waals surface area (Å²) in [5.74, 6) is -0.0134. The number of nitrogens with one attached hydrogen (secondary N) is 2. The number of aliphatic hydroxyl groups excluding tert-OH is 1. The summed E-state index contributed by atoms with van der Waals surface area (Å²) in [5, 5.41) is 15.5. The normalized spacial score (nSPS) is 21.5. The Kier molecular flexibility index (Phi) is 4.81. The predicted molar refractivity (Wildman–Crippen MR) is 90.7 cm³/mol. The lowest BCUT2D eigenvalue weighted by Gasteiger charge is -2.32. The second-order valence-electron chi connectivity index (χ2n) is 6.92. The summed E-state index contributed by atoms with van der Waals surface area (Å²) >= 11 is 0. The molecule has 3 N–H and O–H groups in total. The summed E-state index contributed by atoms with van der Waals surface area (Å²) in [6, 6.07) is 4.50. The van der Waals surface area contributed by atoms with Crippen molar-refractivity contribution in [3.05, 3.63) is 35.3 Å². The SMILES string of the molecule is Cc1cc2c(F)ccc(C(C)(C)NC(=O)[C@@H]3CN[C@H](CO)CO3)c2o1. The molecule has 2 aromatic rings. The van der Waals surface area contributed by atoms with E-state index in [0.29, 0.717) is 28.8 Å². The molecule has 25 heavy (non-hydrogen) atoms. The lowest BCUT2D eigenvalue weighted by atomic mass is 9.92.